The molecule has 7 heteroatoms. The number of amides is 1. The van der Waals surface area contributed by atoms with Gasteiger partial charge in [-0.05, 0) is 55.9 Å². The van der Waals surface area contributed by atoms with Crippen molar-refractivity contribution in [2.75, 3.05) is 5.32 Å². The summed E-state index contributed by atoms with van der Waals surface area (Å²) in [6.07, 6.45) is 4.11. The van der Waals surface area contributed by atoms with Gasteiger partial charge >= 0.3 is 0 Å². The van der Waals surface area contributed by atoms with E-state index in [2.05, 4.69) is 36.4 Å². The molecule has 1 aliphatic carbocycles. The zero-order valence-electron chi connectivity index (χ0n) is 17.7. The number of aromatic nitrogens is 2. The molecule has 1 amide bonds. The van der Waals surface area contributed by atoms with Crippen LogP contribution in [0.2, 0.25) is 0 Å². The van der Waals surface area contributed by atoms with Crippen LogP contribution in [0.1, 0.15) is 59.7 Å². The first-order valence-electron chi connectivity index (χ1n) is 10.6. The van der Waals surface area contributed by atoms with E-state index in [9.17, 15) is 9.59 Å². The van der Waals surface area contributed by atoms with Crippen molar-refractivity contribution in [3.8, 4) is 0 Å². The number of nitrogens with one attached hydrogen (secondary N) is 3. The molecule has 0 radical (unpaired) electrons. The average molecular weight is 425 g/mol. The highest BCUT2D eigenvalue weighted by Crippen LogP contribution is 2.29. The number of hydrogen-bond acceptors (Lipinski definition) is 5. The first-order chi connectivity index (χ1) is 14.4. The van der Waals surface area contributed by atoms with E-state index < -0.39 is 0 Å². The molecule has 2 heterocycles. The lowest BCUT2D eigenvalue weighted by Gasteiger charge is -2.09. The molecule has 0 bridgehead atoms. The van der Waals surface area contributed by atoms with Crippen LogP contribution in [0.15, 0.2) is 29.1 Å². The van der Waals surface area contributed by atoms with Crippen LogP contribution in [-0.2, 0) is 13.0 Å². The summed E-state index contributed by atoms with van der Waals surface area (Å²) in [5.41, 5.74) is 2.51. The predicted octanol–water partition coefficient (Wildman–Crippen LogP) is 4.39. The van der Waals surface area contributed by atoms with Crippen molar-refractivity contribution in [1.29, 1.82) is 0 Å². The SMILES string of the molecule is CC[C@@H](C)Cc1c(C)sc2nc(CNc3cccc(C(=O)NC4CC4)c3)[nH]c(=O)c12. The van der Waals surface area contributed by atoms with Gasteiger partial charge in [-0.3, -0.25) is 9.59 Å². The van der Waals surface area contributed by atoms with E-state index in [1.165, 1.54) is 4.88 Å². The van der Waals surface area contributed by atoms with E-state index in [1.54, 1.807) is 11.3 Å². The molecular weight excluding hydrogens is 396 g/mol. The van der Waals surface area contributed by atoms with Crippen LogP contribution in [-0.4, -0.2) is 21.9 Å². The fourth-order valence-electron chi connectivity index (χ4n) is 3.49. The van der Waals surface area contributed by atoms with Crippen LogP contribution in [0, 0.1) is 12.8 Å². The van der Waals surface area contributed by atoms with E-state index in [4.69, 9.17) is 4.98 Å². The molecular formula is C23H28N4O2S. The fraction of sp³-hybridized carbons (Fsp3) is 0.435. The number of carbonyl (C=O) groups excluding carboxylic acids is 1. The second-order valence-electron chi connectivity index (χ2n) is 8.23. The second-order valence-corrected chi connectivity index (χ2v) is 9.43. The van der Waals surface area contributed by atoms with Crippen LogP contribution in [0.4, 0.5) is 5.69 Å². The van der Waals surface area contributed by atoms with Crippen molar-refractivity contribution < 1.29 is 4.79 Å². The molecule has 3 N–H and O–H groups in total. The summed E-state index contributed by atoms with van der Waals surface area (Å²) in [5.74, 6) is 1.08. The van der Waals surface area contributed by atoms with Gasteiger partial charge in [0, 0.05) is 22.2 Å². The first kappa shape index (κ1) is 20.6. The van der Waals surface area contributed by atoms with Gasteiger partial charge < -0.3 is 15.6 Å². The average Bonchev–Trinajstić information content (AvgIpc) is 3.49. The van der Waals surface area contributed by atoms with Gasteiger partial charge in [-0.25, -0.2) is 4.98 Å². The Morgan fingerprint density at radius 2 is 2.17 bits per heavy atom. The van der Waals surface area contributed by atoms with Crippen molar-refractivity contribution in [3.05, 3.63) is 56.4 Å². The number of carbonyl (C=O) groups is 1. The maximum Gasteiger partial charge on any atom is 0.259 e. The molecule has 2 aromatic heterocycles. The zero-order valence-corrected chi connectivity index (χ0v) is 18.5. The lowest BCUT2D eigenvalue weighted by molar-refractivity contribution is 0.0951. The summed E-state index contributed by atoms with van der Waals surface area (Å²) in [5, 5.41) is 7.01. The number of anilines is 1. The highest BCUT2D eigenvalue weighted by atomic mass is 32.1. The summed E-state index contributed by atoms with van der Waals surface area (Å²) in [6, 6.07) is 7.72. The number of hydrogen-bond donors (Lipinski definition) is 3. The number of aromatic amines is 1. The molecule has 1 atom stereocenters. The van der Waals surface area contributed by atoms with E-state index >= 15 is 0 Å². The van der Waals surface area contributed by atoms with Crippen molar-refractivity contribution in [2.45, 2.75) is 59.0 Å². The smallest absolute Gasteiger partial charge is 0.259 e. The number of thiophene rings is 1. The number of H-pyrrole nitrogens is 1. The lowest BCUT2D eigenvalue weighted by Crippen LogP contribution is -2.25. The van der Waals surface area contributed by atoms with E-state index in [-0.39, 0.29) is 11.5 Å². The summed E-state index contributed by atoms with van der Waals surface area (Å²) in [4.78, 5) is 34.6. The molecule has 0 unspecified atom stereocenters. The molecule has 6 nitrogen and oxygen atoms in total. The largest absolute Gasteiger partial charge is 0.378 e. The molecule has 158 valence electrons. The van der Waals surface area contributed by atoms with Crippen molar-refractivity contribution in [3.63, 3.8) is 0 Å². The quantitative estimate of drug-likeness (QED) is 0.501. The monoisotopic (exact) mass is 424 g/mol. The topological polar surface area (TPSA) is 86.9 Å². The van der Waals surface area contributed by atoms with Gasteiger partial charge in [-0.1, -0.05) is 26.3 Å². The van der Waals surface area contributed by atoms with Crippen LogP contribution in [0.25, 0.3) is 10.2 Å². The van der Waals surface area contributed by atoms with Gasteiger partial charge in [-0.2, -0.15) is 0 Å². The summed E-state index contributed by atoms with van der Waals surface area (Å²) in [6.45, 7) is 6.84. The third-order valence-corrected chi connectivity index (χ3v) is 6.70. The highest BCUT2D eigenvalue weighted by Gasteiger charge is 2.23. The predicted molar refractivity (Wildman–Crippen MR) is 122 cm³/mol. The standard InChI is InChI=1S/C23H28N4O2S/c1-4-13(2)10-18-14(3)30-23-20(18)22(29)26-19(27-23)12-24-17-7-5-6-15(11-17)21(28)25-16-8-9-16/h5-7,11,13,16,24H,4,8-10,12H2,1-3H3,(H,25,28)(H,26,27,29)/t13-/m1/s1. The number of aryl methyl sites for hydroxylation is 1. The number of benzene rings is 1. The summed E-state index contributed by atoms with van der Waals surface area (Å²) < 4.78 is 0. The Bertz CT molecular complexity index is 1130. The number of nitrogens with zero attached hydrogens (tertiary/aromatic N) is 1. The number of fused-ring (bicyclic) bond motifs is 1. The molecule has 0 saturated heterocycles. The van der Waals surface area contributed by atoms with Crippen molar-refractivity contribution >= 4 is 33.1 Å². The fourth-order valence-corrected chi connectivity index (χ4v) is 4.57. The minimum atomic E-state index is -0.0722. The van der Waals surface area contributed by atoms with Gasteiger partial charge in [0.2, 0.25) is 0 Å². The molecule has 1 fully saturated rings. The van der Waals surface area contributed by atoms with Gasteiger partial charge in [0.05, 0.1) is 11.9 Å². The zero-order chi connectivity index (χ0) is 21.3. The molecule has 1 aromatic carbocycles. The Morgan fingerprint density at radius 1 is 1.37 bits per heavy atom. The maximum atomic E-state index is 12.8. The third kappa shape index (κ3) is 4.56. The van der Waals surface area contributed by atoms with Gasteiger partial charge in [0.15, 0.2) is 0 Å². The number of rotatable bonds is 8. The molecule has 1 aliphatic rings. The van der Waals surface area contributed by atoms with Gasteiger partial charge in [0.25, 0.3) is 11.5 Å². The molecule has 30 heavy (non-hydrogen) atoms. The second kappa shape index (κ2) is 8.60. The summed E-state index contributed by atoms with van der Waals surface area (Å²) >= 11 is 1.59. The first-order valence-corrected chi connectivity index (χ1v) is 11.4. The Labute approximate surface area is 180 Å². The van der Waals surface area contributed by atoms with Crippen LogP contribution in [0.5, 0.6) is 0 Å². The highest BCUT2D eigenvalue weighted by molar-refractivity contribution is 7.18. The van der Waals surface area contributed by atoms with Crippen LogP contribution < -0.4 is 16.2 Å². The van der Waals surface area contributed by atoms with Crippen LogP contribution in [0.3, 0.4) is 0 Å². The van der Waals surface area contributed by atoms with E-state index in [0.29, 0.717) is 29.9 Å². The Kier molecular flexibility index (Phi) is 5.90. The maximum absolute atomic E-state index is 12.8. The Hall–Kier alpha value is -2.67. The van der Waals surface area contributed by atoms with E-state index in [1.807, 2.05) is 24.3 Å². The van der Waals surface area contributed by atoms with Gasteiger partial charge in [0.1, 0.15) is 10.7 Å². The third-order valence-electron chi connectivity index (χ3n) is 5.66. The summed E-state index contributed by atoms with van der Waals surface area (Å²) in [7, 11) is 0. The van der Waals surface area contributed by atoms with Gasteiger partial charge in [-0.15, -0.1) is 11.3 Å². The molecule has 3 aromatic rings. The lowest BCUT2D eigenvalue weighted by atomic mass is 9.98. The molecule has 4 rings (SSSR count). The Morgan fingerprint density at radius 3 is 2.90 bits per heavy atom. The minimum absolute atomic E-state index is 0.0444. The van der Waals surface area contributed by atoms with Crippen molar-refractivity contribution in [2.24, 2.45) is 5.92 Å². The van der Waals surface area contributed by atoms with E-state index in [0.717, 1.165) is 47.2 Å². The molecule has 1 saturated carbocycles. The Balaban J connectivity index is 1.51. The normalized spacial score (nSPS) is 14.6. The molecule has 0 aliphatic heterocycles. The molecule has 0 spiro atoms. The van der Waals surface area contributed by atoms with Crippen molar-refractivity contribution in [1.82, 2.24) is 15.3 Å². The van der Waals surface area contributed by atoms with Crippen LogP contribution >= 0.6 is 11.3 Å². The minimum Gasteiger partial charge on any atom is -0.378 e.